The monoisotopic (exact) mass is 485 g/mol. The number of hydrogen-bond acceptors (Lipinski definition) is 3. The molecule has 3 N–H and O–H groups in total. The average Bonchev–Trinajstić information content (AvgIpc) is 2.89. The molecule has 0 aliphatic heterocycles. The Labute approximate surface area is 211 Å². The first-order valence-corrected chi connectivity index (χ1v) is 12.3. The van der Waals surface area contributed by atoms with Gasteiger partial charge in [0.2, 0.25) is 5.91 Å². The number of urea groups is 1. The van der Waals surface area contributed by atoms with Gasteiger partial charge in [-0.3, -0.25) is 4.79 Å². The summed E-state index contributed by atoms with van der Waals surface area (Å²) in [5, 5.41) is 14.4. The fourth-order valence-corrected chi connectivity index (χ4v) is 5.05. The maximum absolute atomic E-state index is 13.4. The van der Waals surface area contributed by atoms with E-state index >= 15 is 0 Å². The minimum Gasteiger partial charge on any atom is -0.478 e. The second-order valence-electron chi connectivity index (χ2n) is 9.01. The zero-order valence-corrected chi connectivity index (χ0v) is 20.3. The summed E-state index contributed by atoms with van der Waals surface area (Å²) in [6, 6.07) is 24.0. The molecule has 3 amide bonds. The van der Waals surface area contributed by atoms with Gasteiger partial charge in [0, 0.05) is 12.2 Å². The lowest BCUT2D eigenvalue weighted by atomic mass is 9.76. The largest absolute Gasteiger partial charge is 0.478 e. The molecule has 3 aromatic rings. The minimum absolute atomic E-state index is 0.0708. The number of benzene rings is 3. The van der Waals surface area contributed by atoms with E-state index in [9.17, 15) is 14.4 Å². The van der Waals surface area contributed by atoms with Crippen molar-refractivity contribution in [1.82, 2.24) is 10.2 Å². The zero-order valence-electron chi connectivity index (χ0n) is 20.3. The number of amides is 3. The quantitative estimate of drug-likeness (QED) is 0.423. The van der Waals surface area contributed by atoms with Crippen molar-refractivity contribution in [3.05, 3.63) is 101 Å². The van der Waals surface area contributed by atoms with E-state index in [1.165, 1.54) is 28.8 Å². The zero-order chi connectivity index (χ0) is 25.5. The van der Waals surface area contributed by atoms with Gasteiger partial charge in [-0.2, -0.15) is 0 Å². The third-order valence-corrected chi connectivity index (χ3v) is 6.71. The van der Waals surface area contributed by atoms with E-state index in [-0.39, 0.29) is 30.0 Å². The number of carbonyl (C=O) groups excluding carboxylic acids is 2. The van der Waals surface area contributed by atoms with Gasteiger partial charge >= 0.3 is 12.0 Å². The Morgan fingerprint density at radius 3 is 2.47 bits per heavy atom. The molecule has 4 rings (SSSR count). The molecule has 0 fully saturated rings. The van der Waals surface area contributed by atoms with Crippen LogP contribution in [0, 0.1) is 5.92 Å². The molecule has 0 aromatic heterocycles. The Hall–Kier alpha value is -4.13. The Morgan fingerprint density at radius 1 is 0.972 bits per heavy atom. The lowest BCUT2D eigenvalue weighted by Crippen LogP contribution is -2.46. The van der Waals surface area contributed by atoms with Crippen molar-refractivity contribution in [2.45, 2.75) is 32.2 Å². The number of likely N-dealkylation sites (N-methyl/N-ethyl adjacent to an activating group) is 1. The van der Waals surface area contributed by atoms with E-state index in [4.69, 9.17) is 5.11 Å². The second kappa shape index (κ2) is 11.5. The first-order valence-electron chi connectivity index (χ1n) is 12.3. The van der Waals surface area contributed by atoms with Gasteiger partial charge in [-0.1, -0.05) is 60.7 Å². The third kappa shape index (κ3) is 5.92. The number of aromatic carboxylic acids is 1. The van der Waals surface area contributed by atoms with Crippen LogP contribution in [0.15, 0.2) is 78.9 Å². The Balaban J connectivity index is 1.47. The van der Waals surface area contributed by atoms with Crippen LogP contribution in [-0.4, -0.2) is 41.0 Å². The van der Waals surface area contributed by atoms with Gasteiger partial charge in [0.05, 0.1) is 18.2 Å². The van der Waals surface area contributed by atoms with Gasteiger partial charge in [-0.15, -0.1) is 0 Å². The SMILES string of the molecule is CCN(C(=O)CNC(=O)Nc1cccc(C(=O)O)c1)[C@@H]1c2ccccc2CC[C@H]1Cc1ccccc1. The summed E-state index contributed by atoms with van der Waals surface area (Å²) < 4.78 is 0. The first kappa shape index (κ1) is 25.0. The minimum atomic E-state index is -1.08. The smallest absolute Gasteiger partial charge is 0.335 e. The summed E-state index contributed by atoms with van der Waals surface area (Å²) in [5.74, 6) is -0.976. The molecule has 0 bridgehead atoms. The van der Waals surface area contributed by atoms with Gasteiger partial charge in [0.1, 0.15) is 0 Å². The van der Waals surface area contributed by atoms with Crippen molar-refractivity contribution in [3.63, 3.8) is 0 Å². The van der Waals surface area contributed by atoms with E-state index in [2.05, 4.69) is 34.9 Å². The molecule has 0 spiro atoms. The molecule has 0 radical (unpaired) electrons. The molecule has 0 saturated carbocycles. The summed E-state index contributed by atoms with van der Waals surface area (Å²) in [7, 11) is 0. The van der Waals surface area contributed by atoms with Crippen LogP contribution >= 0.6 is 0 Å². The Morgan fingerprint density at radius 2 is 1.72 bits per heavy atom. The fourth-order valence-electron chi connectivity index (χ4n) is 5.05. The van der Waals surface area contributed by atoms with Crippen LogP contribution in [0.5, 0.6) is 0 Å². The fraction of sp³-hybridized carbons (Fsp3) is 0.276. The first-order chi connectivity index (χ1) is 17.5. The summed E-state index contributed by atoms with van der Waals surface area (Å²) in [6.07, 6.45) is 2.83. The number of rotatable bonds is 8. The number of carboxylic acid groups (broad SMARTS) is 1. The molecule has 1 aliphatic rings. The van der Waals surface area contributed by atoms with Crippen LogP contribution in [0.25, 0.3) is 0 Å². The number of fused-ring (bicyclic) bond motifs is 1. The van der Waals surface area contributed by atoms with E-state index in [1.807, 2.05) is 42.2 Å². The number of nitrogens with zero attached hydrogens (tertiary/aromatic N) is 1. The number of anilines is 1. The highest BCUT2D eigenvalue weighted by atomic mass is 16.4. The highest BCUT2D eigenvalue weighted by molar-refractivity contribution is 5.94. The summed E-state index contributed by atoms with van der Waals surface area (Å²) >= 11 is 0. The molecular formula is C29H31N3O4. The molecule has 0 saturated heterocycles. The third-order valence-electron chi connectivity index (χ3n) is 6.71. The van der Waals surface area contributed by atoms with E-state index < -0.39 is 12.0 Å². The normalized spacial score (nSPS) is 16.5. The molecule has 2 atom stereocenters. The van der Waals surface area contributed by atoms with Gasteiger partial charge in [0.15, 0.2) is 0 Å². The predicted molar refractivity (Wildman–Crippen MR) is 139 cm³/mol. The lowest BCUT2D eigenvalue weighted by molar-refractivity contribution is -0.133. The average molecular weight is 486 g/mol. The number of hydrogen-bond donors (Lipinski definition) is 3. The van der Waals surface area contributed by atoms with E-state index in [0.29, 0.717) is 12.2 Å². The number of nitrogens with one attached hydrogen (secondary N) is 2. The van der Waals surface area contributed by atoms with E-state index in [1.54, 1.807) is 12.1 Å². The van der Waals surface area contributed by atoms with Crippen molar-refractivity contribution in [1.29, 1.82) is 0 Å². The second-order valence-corrected chi connectivity index (χ2v) is 9.01. The van der Waals surface area contributed by atoms with Crippen LogP contribution < -0.4 is 10.6 Å². The molecule has 0 unspecified atom stereocenters. The van der Waals surface area contributed by atoms with Crippen LogP contribution in [0.1, 0.15) is 46.4 Å². The predicted octanol–water partition coefficient (Wildman–Crippen LogP) is 4.90. The van der Waals surface area contributed by atoms with Crippen LogP contribution in [-0.2, 0) is 17.6 Å². The van der Waals surface area contributed by atoms with Crippen molar-refractivity contribution in [3.8, 4) is 0 Å². The van der Waals surface area contributed by atoms with Gasteiger partial charge < -0.3 is 20.6 Å². The van der Waals surface area contributed by atoms with Gasteiger partial charge in [-0.25, -0.2) is 9.59 Å². The number of aryl methyl sites for hydroxylation is 1. The summed E-state index contributed by atoms with van der Waals surface area (Å²) in [6.45, 7) is 2.33. The molecule has 186 valence electrons. The molecule has 0 heterocycles. The molecular weight excluding hydrogens is 454 g/mol. The number of carbonyl (C=O) groups is 3. The molecule has 7 nitrogen and oxygen atoms in total. The molecule has 3 aromatic carbocycles. The maximum atomic E-state index is 13.4. The van der Waals surface area contributed by atoms with Crippen LogP contribution in [0.3, 0.4) is 0 Å². The molecule has 1 aliphatic carbocycles. The van der Waals surface area contributed by atoms with Crippen LogP contribution in [0.2, 0.25) is 0 Å². The van der Waals surface area contributed by atoms with E-state index in [0.717, 1.165) is 19.3 Å². The Bertz CT molecular complexity index is 1230. The summed E-state index contributed by atoms with van der Waals surface area (Å²) in [4.78, 5) is 38.9. The lowest BCUT2D eigenvalue weighted by Gasteiger charge is -2.41. The maximum Gasteiger partial charge on any atom is 0.335 e. The van der Waals surface area contributed by atoms with Crippen molar-refractivity contribution in [2.24, 2.45) is 5.92 Å². The van der Waals surface area contributed by atoms with Gasteiger partial charge in [-0.05, 0) is 67.0 Å². The number of carboxylic acids is 1. The molecule has 7 heteroatoms. The summed E-state index contributed by atoms with van der Waals surface area (Å²) in [5.41, 5.74) is 4.10. The van der Waals surface area contributed by atoms with Crippen molar-refractivity contribution >= 4 is 23.6 Å². The van der Waals surface area contributed by atoms with Crippen molar-refractivity contribution < 1.29 is 19.5 Å². The van der Waals surface area contributed by atoms with Crippen LogP contribution in [0.4, 0.5) is 10.5 Å². The highest BCUT2D eigenvalue weighted by Gasteiger charge is 2.35. The van der Waals surface area contributed by atoms with Crippen molar-refractivity contribution in [2.75, 3.05) is 18.4 Å². The standard InChI is InChI=1S/C29H31N3O4/c1-2-32(26(33)19-30-29(36)31-24-13-8-12-23(18-24)28(34)35)27-22(17-20-9-4-3-5-10-20)16-15-21-11-6-7-14-25(21)27/h3-14,18,22,27H,2,15-17,19H2,1H3,(H,34,35)(H2,30,31,36)/t22-,27-/m0/s1. The topological polar surface area (TPSA) is 98.7 Å². The van der Waals surface area contributed by atoms with Gasteiger partial charge in [0.25, 0.3) is 0 Å². The Kier molecular flexibility index (Phi) is 8.00. The highest BCUT2D eigenvalue weighted by Crippen LogP contribution is 2.40. The molecule has 36 heavy (non-hydrogen) atoms.